The van der Waals surface area contributed by atoms with Crippen molar-refractivity contribution in [2.45, 2.75) is 32.5 Å². The number of anilines is 1. The van der Waals surface area contributed by atoms with Crippen LogP contribution in [0.15, 0.2) is 18.3 Å². The van der Waals surface area contributed by atoms with Crippen molar-refractivity contribution in [1.82, 2.24) is 4.98 Å². The van der Waals surface area contributed by atoms with Crippen molar-refractivity contribution in [3.63, 3.8) is 0 Å². The lowest BCUT2D eigenvalue weighted by molar-refractivity contribution is -0.0749. The van der Waals surface area contributed by atoms with E-state index >= 15 is 0 Å². The third kappa shape index (κ3) is 2.79. The highest BCUT2D eigenvalue weighted by Gasteiger charge is 2.31. The second-order valence-corrected chi connectivity index (χ2v) is 5.28. The Morgan fingerprint density at radius 1 is 1.56 bits per heavy atom. The molecule has 1 aliphatic heterocycles. The van der Waals surface area contributed by atoms with Gasteiger partial charge in [0.05, 0.1) is 23.6 Å². The van der Waals surface area contributed by atoms with Gasteiger partial charge in [-0.15, -0.1) is 0 Å². The molecule has 2 rings (SSSR count). The first kappa shape index (κ1) is 12.8. The Balaban J connectivity index is 2.18. The van der Waals surface area contributed by atoms with E-state index in [1.165, 1.54) is 6.07 Å². The monoisotopic (exact) mass is 250 g/mol. The van der Waals surface area contributed by atoms with Gasteiger partial charge in [-0.2, -0.15) is 0 Å². The first-order valence-electron chi connectivity index (χ1n) is 5.99. The van der Waals surface area contributed by atoms with Crippen LogP contribution in [-0.4, -0.2) is 40.9 Å². The molecule has 1 aromatic heterocycles. The second kappa shape index (κ2) is 4.57. The standard InChI is InChI=1S/C13H18N2O3/c1-9-7-15(8-13(2,3)18-9)10-4-5-11(12(16)17)14-6-10/h4-6,9H,7-8H2,1-3H3,(H,16,17). The second-order valence-electron chi connectivity index (χ2n) is 5.28. The summed E-state index contributed by atoms with van der Waals surface area (Å²) in [5.41, 5.74) is 0.797. The number of nitrogens with zero attached hydrogens (tertiary/aromatic N) is 2. The van der Waals surface area contributed by atoms with E-state index in [2.05, 4.69) is 23.7 Å². The van der Waals surface area contributed by atoms with Gasteiger partial charge in [0.25, 0.3) is 0 Å². The maximum atomic E-state index is 10.7. The highest BCUT2D eigenvalue weighted by atomic mass is 16.5. The number of hydrogen-bond acceptors (Lipinski definition) is 4. The maximum Gasteiger partial charge on any atom is 0.354 e. The summed E-state index contributed by atoms with van der Waals surface area (Å²) >= 11 is 0. The Kier molecular flexibility index (Phi) is 3.26. The number of carbonyl (C=O) groups is 1. The number of ether oxygens (including phenoxy) is 1. The van der Waals surface area contributed by atoms with Gasteiger partial charge < -0.3 is 14.7 Å². The normalized spacial score (nSPS) is 22.8. The first-order valence-corrected chi connectivity index (χ1v) is 5.99. The summed E-state index contributed by atoms with van der Waals surface area (Å²) in [5.74, 6) is -1.00. The number of hydrogen-bond donors (Lipinski definition) is 1. The molecular formula is C13H18N2O3. The summed E-state index contributed by atoms with van der Waals surface area (Å²) in [6.07, 6.45) is 1.75. The summed E-state index contributed by atoms with van der Waals surface area (Å²) in [4.78, 5) is 16.9. The van der Waals surface area contributed by atoms with E-state index in [1.54, 1.807) is 12.3 Å². The number of morpholine rings is 1. The molecule has 1 aromatic rings. The molecule has 1 saturated heterocycles. The van der Waals surface area contributed by atoms with E-state index in [-0.39, 0.29) is 17.4 Å². The van der Waals surface area contributed by atoms with Gasteiger partial charge in [0.1, 0.15) is 5.69 Å². The van der Waals surface area contributed by atoms with Gasteiger partial charge in [0.15, 0.2) is 0 Å². The molecule has 1 N–H and O–H groups in total. The van der Waals surface area contributed by atoms with Gasteiger partial charge in [0.2, 0.25) is 0 Å². The van der Waals surface area contributed by atoms with Gasteiger partial charge in [-0.1, -0.05) is 0 Å². The molecule has 0 amide bonds. The van der Waals surface area contributed by atoms with Crippen LogP contribution in [0.2, 0.25) is 0 Å². The molecule has 5 nitrogen and oxygen atoms in total. The first-order chi connectivity index (χ1) is 8.37. The van der Waals surface area contributed by atoms with Crippen molar-refractivity contribution in [1.29, 1.82) is 0 Å². The Morgan fingerprint density at radius 3 is 2.78 bits per heavy atom. The maximum absolute atomic E-state index is 10.7. The summed E-state index contributed by atoms with van der Waals surface area (Å²) in [6, 6.07) is 3.33. The highest BCUT2D eigenvalue weighted by molar-refractivity contribution is 5.85. The lowest BCUT2D eigenvalue weighted by Crippen LogP contribution is -2.52. The molecule has 0 bridgehead atoms. The van der Waals surface area contributed by atoms with Crippen molar-refractivity contribution in [2.24, 2.45) is 0 Å². The predicted molar refractivity (Wildman–Crippen MR) is 68.0 cm³/mol. The van der Waals surface area contributed by atoms with Gasteiger partial charge in [-0.25, -0.2) is 9.78 Å². The van der Waals surface area contributed by atoms with Crippen LogP contribution < -0.4 is 4.90 Å². The molecule has 1 unspecified atom stereocenters. The molecule has 1 atom stereocenters. The van der Waals surface area contributed by atoms with Crippen LogP contribution in [0.4, 0.5) is 5.69 Å². The van der Waals surface area contributed by atoms with Crippen molar-refractivity contribution < 1.29 is 14.6 Å². The number of carboxylic acid groups (broad SMARTS) is 1. The third-order valence-electron chi connectivity index (χ3n) is 2.90. The van der Waals surface area contributed by atoms with Gasteiger partial charge in [-0.3, -0.25) is 0 Å². The van der Waals surface area contributed by atoms with Crippen LogP contribution in [0.5, 0.6) is 0 Å². The van der Waals surface area contributed by atoms with Crippen LogP contribution in [0.25, 0.3) is 0 Å². The van der Waals surface area contributed by atoms with Crippen LogP contribution in [0, 0.1) is 0 Å². The van der Waals surface area contributed by atoms with Crippen LogP contribution in [-0.2, 0) is 4.74 Å². The van der Waals surface area contributed by atoms with Crippen molar-refractivity contribution in [2.75, 3.05) is 18.0 Å². The molecule has 0 aromatic carbocycles. The number of pyridine rings is 1. The molecule has 0 spiro atoms. The molecule has 18 heavy (non-hydrogen) atoms. The highest BCUT2D eigenvalue weighted by Crippen LogP contribution is 2.25. The summed E-state index contributed by atoms with van der Waals surface area (Å²) < 4.78 is 5.83. The number of aromatic nitrogens is 1. The van der Waals surface area contributed by atoms with E-state index in [9.17, 15) is 4.79 Å². The van der Waals surface area contributed by atoms with E-state index in [0.717, 1.165) is 18.8 Å². The number of aromatic carboxylic acids is 1. The minimum atomic E-state index is -1.00. The summed E-state index contributed by atoms with van der Waals surface area (Å²) in [6.45, 7) is 7.69. The average molecular weight is 250 g/mol. The zero-order valence-electron chi connectivity index (χ0n) is 10.9. The topological polar surface area (TPSA) is 62.7 Å². The van der Waals surface area contributed by atoms with E-state index in [4.69, 9.17) is 9.84 Å². The molecule has 2 heterocycles. The van der Waals surface area contributed by atoms with Crippen molar-refractivity contribution in [3.05, 3.63) is 24.0 Å². The average Bonchev–Trinajstić information content (AvgIpc) is 2.26. The number of rotatable bonds is 2. The fourth-order valence-electron chi connectivity index (χ4n) is 2.35. The SMILES string of the molecule is CC1CN(c2ccc(C(=O)O)nc2)CC(C)(C)O1. The van der Waals surface area contributed by atoms with Crippen LogP contribution in [0.1, 0.15) is 31.3 Å². The van der Waals surface area contributed by atoms with Gasteiger partial charge in [-0.05, 0) is 32.9 Å². The lowest BCUT2D eigenvalue weighted by Gasteiger charge is -2.42. The summed E-state index contributed by atoms with van der Waals surface area (Å²) in [5, 5.41) is 8.82. The number of carboxylic acids is 1. The van der Waals surface area contributed by atoms with Gasteiger partial charge >= 0.3 is 5.97 Å². The molecule has 1 fully saturated rings. The zero-order valence-corrected chi connectivity index (χ0v) is 10.9. The fourth-order valence-corrected chi connectivity index (χ4v) is 2.35. The van der Waals surface area contributed by atoms with Crippen LogP contribution in [0.3, 0.4) is 0 Å². The predicted octanol–water partition coefficient (Wildman–Crippen LogP) is 1.78. The smallest absolute Gasteiger partial charge is 0.354 e. The largest absolute Gasteiger partial charge is 0.477 e. The fraction of sp³-hybridized carbons (Fsp3) is 0.538. The molecule has 0 aliphatic carbocycles. The Morgan fingerprint density at radius 2 is 2.28 bits per heavy atom. The van der Waals surface area contributed by atoms with E-state index < -0.39 is 5.97 Å². The minimum absolute atomic E-state index is 0.0688. The molecule has 5 heteroatoms. The molecular weight excluding hydrogens is 232 g/mol. The van der Waals surface area contributed by atoms with E-state index in [0.29, 0.717) is 0 Å². The Bertz CT molecular complexity index is 442. The molecule has 1 aliphatic rings. The Labute approximate surface area is 106 Å². The quantitative estimate of drug-likeness (QED) is 0.867. The Hall–Kier alpha value is -1.62. The molecule has 0 radical (unpaired) electrons. The molecule has 0 saturated carbocycles. The lowest BCUT2D eigenvalue weighted by atomic mass is 10.1. The van der Waals surface area contributed by atoms with E-state index in [1.807, 2.05) is 6.92 Å². The summed E-state index contributed by atoms with van der Waals surface area (Å²) in [7, 11) is 0. The minimum Gasteiger partial charge on any atom is -0.477 e. The third-order valence-corrected chi connectivity index (χ3v) is 2.90. The molecule has 98 valence electrons. The van der Waals surface area contributed by atoms with Crippen molar-refractivity contribution in [3.8, 4) is 0 Å². The van der Waals surface area contributed by atoms with Gasteiger partial charge in [0, 0.05) is 13.1 Å². The zero-order chi connectivity index (χ0) is 13.3. The van der Waals surface area contributed by atoms with Crippen LogP contribution >= 0.6 is 0 Å². The van der Waals surface area contributed by atoms with Crippen molar-refractivity contribution >= 4 is 11.7 Å².